The van der Waals surface area contributed by atoms with Crippen LogP contribution in [0.15, 0.2) is 33.8 Å². The third kappa shape index (κ3) is 2.65. The largest absolute Gasteiger partial charge is 0.439 e. The molecule has 0 unspecified atom stereocenters. The Bertz CT molecular complexity index is 690. The van der Waals surface area contributed by atoms with Gasteiger partial charge >= 0.3 is 6.18 Å². The smallest absolute Gasteiger partial charge is 0.362 e. The van der Waals surface area contributed by atoms with Crippen molar-refractivity contribution >= 4 is 27.5 Å². The second-order valence-corrected chi connectivity index (χ2v) is 7.29. The van der Waals surface area contributed by atoms with E-state index in [1.807, 2.05) is 6.92 Å². The Morgan fingerprint density at radius 2 is 2.00 bits per heavy atom. The van der Waals surface area contributed by atoms with Gasteiger partial charge in [0.05, 0.1) is 5.92 Å². The summed E-state index contributed by atoms with van der Waals surface area (Å²) in [6.45, 7) is 1.84. The lowest BCUT2D eigenvalue weighted by Crippen LogP contribution is -2.61. The summed E-state index contributed by atoms with van der Waals surface area (Å²) in [6, 6.07) is 5.90. The number of carbonyl (C=O) groups is 1. The van der Waals surface area contributed by atoms with Crippen LogP contribution in [0.25, 0.3) is 0 Å². The lowest BCUT2D eigenvalue weighted by atomic mass is 9.76. The van der Waals surface area contributed by atoms with Gasteiger partial charge in [-0.25, -0.2) is 0 Å². The van der Waals surface area contributed by atoms with Crippen molar-refractivity contribution in [2.24, 2.45) is 16.9 Å². The van der Waals surface area contributed by atoms with Gasteiger partial charge < -0.3 is 5.11 Å². The van der Waals surface area contributed by atoms with E-state index in [4.69, 9.17) is 0 Å². The molecule has 1 heterocycles. The van der Waals surface area contributed by atoms with Crippen LogP contribution in [-0.4, -0.2) is 33.6 Å². The first-order valence-electron chi connectivity index (χ1n) is 7.61. The highest BCUT2D eigenvalue weighted by Crippen LogP contribution is 2.49. The van der Waals surface area contributed by atoms with Crippen LogP contribution in [0, 0.1) is 11.8 Å². The number of benzene rings is 1. The summed E-state index contributed by atoms with van der Waals surface area (Å²) in [6.07, 6.45) is -3.79. The summed E-state index contributed by atoms with van der Waals surface area (Å²) in [5.41, 5.74) is -3.00. The lowest BCUT2D eigenvalue weighted by Gasteiger charge is -2.39. The average molecular weight is 405 g/mol. The summed E-state index contributed by atoms with van der Waals surface area (Å²) >= 11 is 3.21. The van der Waals surface area contributed by atoms with E-state index in [2.05, 4.69) is 21.0 Å². The first-order chi connectivity index (χ1) is 11.1. The molecular formula is C16H16BrF3N2O2. The van der Waals surface area contributed by atoms with Crippen LogP contribution in [0.1, 0.15) is 36.5 Å². The van der Waals surface area contributed by atoms with Crippen LogP contribution in [0.5, 0.6) is 0 Å². The van der Waals surface area contributed by atoms with E-state index in [1.165, 1.54) is 12.1 Å². The van der Waals surface area contributed by atoms with Gasteiger partial charge in [0.15, 0.2) is 0 Å². The molecule has 0 spiro atoms. The number of nitrogens with zero attached hydrogens (tertiary/aromatic N) is 2. The maximum atomic E-state index is 13.7. The molecule has 1 aromatic carbocycles. The summed E-state index contributed by atoms with van der Waals surface area (Å²) in [5.74, 6) is -2.14. The highest BCUT2D eigenvalue weighted by molar-refractivity contribution is 9.10. The zero-order valence-electron chi connectivity index (χ0n) is 12.8. The van der Waals surface area contributed by atoms with Crippen molar-refractivity contribution in [3.8, 4) is 0 Å². The van der Waals surface area contributed by atoms with E-state index >= 15 is 0 Å². The second kappa shape index (κ2) is 5.84. The molecule has 0 saturated heterocycles. The Morgan fingerprint density at radius 3 is 2.58 bits per heavy atom. The molecule has 1 fully saturated rings. The first kappa shape index (κ1) is 17.4. The number of rotatable bonds is 1. The zero-order valence-corrected chi connectivity index (χ0v) is 14.4. The number of fused-ring (bicyclic) bond motifs is 1. The standard InChI is InChI=1S/C16H16BrF3N2O2/c1-9-2-7-13-12(8-9)15(24,16(18,19)20)22(21-13)14(23)10-3-5-11(17)6-4-10/h3-6,9,12,24H,2,7-8H2,1H3/t9-,12+,15+/m1/s1. The number of hydrogen-bond donors (Lipinski definition) is 1. The molecule has 0 aromatic heterocycles. The van der Waals surface area contributed by atoms with Crippen LogP contribution in [-0.2, 0) is 0 Å². The van der Waals surface area contributed by atoms with Gasteiger partial charge in [0, 0.05) is 15.7 Å². The molecular weight excluding hydrogens is 389 g/mol. The van der Waals surface area contributed by atoms with Gasteiger partial charge in [-0.05, 0) is 49.4 Å². The predicted octanol–water partition coefficient (Wildman–Crippen LogP) is 3.95. The van der Waals surface area contributed by atoms with E-state index in [1.54, 1.807) is 12.1 Å². The fraction of sp³-hybridized carbons (Fsp3) is 0.500. The summed E-state index contributed by atoms with van der Waals surface area (Å²) in [4.78, 5) is 12.6. The molecule has 1 saturated carbocycles. The van der Waals surface area contributed by atoms with Crippen molar-refractivity contribution < 1.29 is 23.1 Å². The monoisotopic (exact) mass is 404 g/mol. The van der Waals surface area contributed by atoms with Crippen molar-refractivity contribution in [1.29, 1.82) is 0 Å². The topological polar surface area (TPSA) is 52.9 Å². The van der Waals surface area contributed by atoms with Gasteiger partial charge in [-0.1, -0.05) is 22.9 Å². The number of carbonyl (C=O) groups excluding carboxylic acids is 1. The quantitative estimate of drug-likeness (QED) is 0.770. The minimum absolute atomic E-state index is 0.0329. The normalized spacial score (nSPS) is 30.1. The van der Waals surface area contributed by atoms with E-state index in [0.29, 0.717) is 17.3 Å². The molecule has 1 aliphatic carbocycles. The van der Waals surface area contributed by atoms with Gasteiger partial charge in [0.2, 0.25) is 0 Å². The van der Waals surface area contributed by atoms with Gasteiger partial charge in [-0.2, -0.15) is 23.3 Å². The average Bonchev–Trinajstić information content (AvgIpc) is 2.81. The summed E-state index contributed by atoms with van der Waals surface area (Å²) < 4.78 is 41.8. The molecule has 0 radical (unpaired) electrons. The molecule has 4 nitrogen and oxygen atoms in total. The molecule has 1 amide bonds. The highest BCUT2D eigenvalue weighted by atomic mass is 79.9. The zero-order chi connectivity index (χ0) is 17.7. The fourth-order valence-electron chi connectivity index (χ4n) is 3.33. The van der Waals surface area contributed by atoms with E-state index in [-0.39, 0.29) is 28.6 Å². The first-order valence-corrected chi connectivity index (χ1v) is 8.40. The molecule has 1 aromatic rings. The number of alkyl halides is 3. The maximum absolute atomic E-state index is 13.7. The number of halogens is 4. The van der Waals surface area contributed by atoms with Gasteiger partial charge in [0.1, 0.15) is 0 Å². The number of hydrogen-bond acceptors (Lipinski definition) is 3. The molecule has 1 N–H and O–H groups in total. The van der Waals surface area contributed by atoms with E-state index in [9.17, 15) is 23.1 Å². The molecule has 0 bridgehead atoms. The van der Waals surface area contributed by atoms with Crippen molar-refractivity contribution in [3.63, 3.8) is 0 Å². The third-order valence-electron chi connectivity index (χ3n) is 4.67. The fourth-order valence-corrected chi connectivity index (χ4v) is 3.59. The predicted molar refractivity (Wildman–Crippen MR) is 85.3 cm³/mol. The Hall–Kier alpha value is -1.41. The molecule has 3 atom stereocenters. The van der Waals surface area contributed by atoms with E-state index < -0.39 is 23.7 Å². The Morgan fingerprint density at radius 1 is 1.38 bits per heavy atom. The van der Waals surface area contributed by atoms with E-state index in [0.717, 1.165) is 0 Å². The lowest BCUT2D eigenvalue weighted by molar-refractivity contribution is -0.313. The van der Waals surface area contributed by atoms with Gasteiger partial charge in [0.25, 0.3) is 11.6 Å². The molecule has 1 aliphatic heterocycles. The Balaban J connectivity index is 2.03. The number of aliphatic hydroxyl groups is 1. The van der Waals surface area contributed by atoms with Crippen LogP contribution in [0.4, 0.5) is 13.2 Å². The van der Waals surface area contributed by atoms with Crippen molar-refractivity contribution in [2.75, 3.05) is 0 Å². The van der Waals surface area contributed by atoms with Crippen LogP contribution in [0.2, 0.25) is 0 Å². The van der Waals surface area contributed by atoms with Gasteiger partial charge in [-0.15, -0.1) is 0 Å². The Labute approximate surface area is 145 Å². The summed E-state index contributed by atoms with van der Waals surface area (Å²) in [7, 11) is 0. The molecule has 2 aliphatic rings. The maximum Gasteiger partial charge on any atom is 0.439 e. The minimum atomic E-state index is -5.00. The van der Waals surface area contributed by atoms with Crippen LogP contribution >= 0.6 is 15.9 Å². The van der Waals surface area contributed by atoms with Crippen molar-refractivity contribution in [3.05, 3.63) is 34.3 Å². The molecule has 130 valence electrons. The molecule has 24 heavy (non-hydrogen) atoms. The van der Waals surface area contributed by atoms with Crippen LogP contribution < -0.4 is 0 Å². The van der Waals surface area contributed by atoms with Crippen LogP contribution in [0.3, 0.4) is 0 Å². The number of hydrazone groups is 1. The Kier molecular flexibility index (Phi) is 4.24. The van der Waals surface area contributed by atoms with Crippen molar-refractivity contribution in [1.82, 2.24) is 5.01 Å². The third-order valence-corrected chi connectivity index (χ3v) is 5.20. The summed E-state index contributed by atoms with van der Waals surface area (Å²) in [5, 5.41) is 14.7. The SMILES string of the molecule is C[C@@H]1CCC2=NN(C(=O)c3ccc(Br)cc3)[C@@](O)(C(F)(F)F)[C@H]2C1. The molecule has 3 rings (SSSR count). The highest BCUT2D eigenvalue weighted by Gasteiger charge is 2.68. The number of amides is 1. The molecule has 8 heteroatoms. The van der Waals surface area contributed by atoms with Gasteiger partial charge in [-0.3, -0.25) is 4.79 Å². The second-order valence-electron chi connectivity index (χ2n) is 6.37. The minimum Gasteiger partial charge on any atom is -0.362 e. The van der Waals surface area contributed by atoms with Crippen molar-refractivity contribution in [2.45, 2.75) is 38.1 Å².